The summed E-state index contributed by atoms with van der Waals surface area (Å²) in [5, 5.41) is 14.1. The molecule has 1 rings (SSSR count). The number of carbonyl (C=O) groups is 3. The maximum absolute atomic E-state index is 12.4. The van der Waals surface area contributed by atoms with Crippen LogP contribution in [0.15, 0.2) is 30.3 Å². The second kappa shape index (κ2) is 12.3. The highest BCUT2D eigenvalue weighted by molar-refractivity contribution is 7.80. The van der Waals surface area contributed by atoms with Crippen molar-refractivity contribution in [3.05, 3.63) is 35.9 Å². The van der Waals surface area contributed by atoms with Crippen molar-refractivity contribution in [2.75, 3.05) is 12.3 Å². The standard InChI is InChI=1S/C18H28N4O4S/c19-9-5-4-8-14(17(24)22-15(11-27)18(25)26)21-16(23)13(20)10-12-6-2-1-3-7-12/h1-3,6-7,13-15,27H,4-5,8-11,19-20H2,(H,21,23)(H,22,24)(H,25,26). The molecule has 0 saturated carbocycles. The second-order valence-corrected chi connectivity index (χ2v) is 6.59. The van der Waals surface area contributed by atoms with Gasteiger partial charge < -0.3 is 27.2 Å². The van der Waals surface area contributed by atoms with Crippen LogP contribution in [0.25, 0.3) is 0 Å². The summed E-state index contributed by atoms with van der Waals surface area (Å²) in [4.78, 5) is 35.9. The van der Waals surface area contributed by atoms with Gasteiger partial charge in [-0.3, -0.25) is 9.59 Å². The molecule has 0 spiro atoms. The fourth-order valence-electron chi connectivity index (χ4n) is 2.46. The topological polar surface area (TPSA) is 148 Å². The van der Waals surface area contributed by atoms with E-state index in [9.17, 15) is 14.4 Å². The lowest BCUT2D eigenvalue weighted by atomic mass is 10.0. The predicted octanol–water partition coefficient (Wildman–Crippen LogP) is -0.331. The Kier molecular flexibility index (Phi) is 10.5. The number of amides is 2. The van der Waals surface area contributed by atoms with Gasteiger partial charge in [-0.2, -0.15) is 12.6 Å². The fraction of sp³-hybridized carbons (Fsp3) is 0.500. The zero-order chi connectivity index (χ0) is 20.2. The Morgan fingerprint density at radius 3 is 2.22 bits per heavy atom. The van der Waals surface area contributed by atoms with Crippen LogP contribution in [0.3, 0.4) is 0 Å². The summed E-state index contributed by atoms with van der Waals surface area (Å²) in [5.74, 6) is -2.29. The summed E-state index contributed by atoms with van der Waals surface area (Å²) < 4.78 is 0. The number of rotatable bonds is 12. The molecule has 0 aromatic heterocycles. The SMILES string of the molecule is NCCCCC(NC(=O)C(N)Cc1ccccc1)C(=O)NC(CS)C(=O)O. The number of nitrogens with one attached hydrogen (secondary N) is 2. The Hall–Kier alpha value is -2.10. The quantitative estimate of drug-likeness (QED) is 0.211. The first-order valence-corrected chi connectivity index (χ1v) is 9.46. The predicted molar refractivity (Wildman–Crippen MR) is 106 cm³/mol. The van der Waals surface area contributed by atoms with Crippen LogP contribution in [0.4, 0.5) is 0 Å². The fourth-order valence-corrected chi connectivity index (χ4v) is 2.71. The molecule has 0 heterocycles. The number of nitrogens with two attached hydrogens (primary N) is 2. The number of aliphatic carboxylic acids is 1. The van der Waals surface area contributed by atoms with Gasteiger partial charge in [0, 0.05) is 5.75 Å². The van der Waals surface area contributed by atoms with E-state index < -0.39 is 35.9 Å². The first-order chi connectivity index (χ1) is 12.9. The molecule has 27 heavy (non-hydrogen) atoms. The first-order valence-electron chi connectivity index (χ1n) is 8.83. The molecule has 0 aliphatic carbocycles. The highest BCUT2D eigenvalue weighted by atomic mass is 32.1. The minimum atomic E-state index is -1.19. The summed E-state index contributed by atoms with van der Waals surface area (Å²) in [6.07, 6.45) is 1.97. The molecular formula is C18H28N4O4S. The van der Waals surface area contributed by atoms with Gasteiger partial charge in [0.1, 0.15) is 12.1 Å². The van der Waals surface area contributed by atoms with Crippen molar-refractivity contribution in [2.24, 2.45) is 11.5 Å². The van der Waals surface area contributed by atoms with E-state index in [1.54, 1.807) is 0 Å². The molecule has 8 nitrogen and oxygen atoms in total. The smallest absolute Gasteiger partial charge is 0.327 e. The zero-order valence-corrected chi connectivity index (χ0v) is 16.0. The number of thiol groups is 1. The molecule has 0 fully saturated rings. The number of carboxylic acids is 1. The van der Waals surface area contributed by atoms with Crippen molar-refractivity contribution in [2.45, 2.75) is 43.8 Å². The molecule has 0 radical (unpaired) electrons. The molecule has 150 valence electrons. The molecule has 7 N–H and O–H groups in total. The van der Waals surface area contributed by atoms with Crippen molar-refractivity contribution in [3.8, 4) is 0 Å². The molecule has 0 saturated heterocycles. The molecule has 9 heteroatoms. The molecule has 3 atom stereocenters. The third kappa shape index (κ3) is 8.42. The van der Waals surface area contributed by atoms with E-state index in [0.717, 1.165) is 5.56 Å². The van der Waals surface area contributed by atoms with Crippen LogP contribution in [-0.2, 0) is 20.8 Å². The van der Waals surface area contributed by atoms with Gasteiger partial charge in [0.15, 0.2) is 0 Å². The minimum Gasteiger partial charge on any atom is -0.480 e. The number of hydrogen-bond donors (Lipinski definition) is 6. The van der Waals surface area contributed by atoms with E-state index in [2.05, 4.69) is 23.3 Å². The Morgan fingerprint density at radius 1 is 1.04 bits per heavy atom. The van der Waals surface area contributed by atoms with Gasteiger partial charge in [-0.05, 0) is 37.8 Å². The Labute approximate surface area is 164 Å². The van der Waals surface area contributed by atoms with Crippen LogP contribution >= 0.6 is 12.6 Å². The molecule has 0 aliphatic heterocycles. The molecule has 2 amide bonds. The van der Waals surface area contributed by atoms with E-state index in [4.69, 9.17) is 16.6 Å². The molecule has 0 bridgehead atoms. The molecule has 1 aromatic rings. The summed E-state index contributed by atoms with van der Waals surface area (Å²) >= 11 is 3.92. The number of carbonyl (C=O) groups excluding carboxylic acids is 2. The highest BCUT2D eigenvalue weighted by Gasteiger charge is 2.27. The highest BCUT2D eigenvalue weighted by Crippen LogP contribution is 2.05. The average Bonchev–Trinajstić information content (AvgIpc) is 2.65. The van der Waals surface area contributed by atoms with Crippen molar-refractivity contribution in [1.82, 2.24) is 10.6 Å². The van der Waals surface area contributed by atoms with Gasteiger partial charge in [0.2, 0.25) is 11.8 Å². The summed E-state index contributed by atoms with van der Waals surface area (Å²) in [6, 6.07) is 6.47. The van der Waals surface area contributed by atoms with Crippen LogP contribution in [0.2, 0.25) is 0 Å². The van der Waals surface area contributed by atoms with E-state index in [-0.39, 0.29) is 5.75 Å². The maximum Gasteiger partial charge on any atom is 0.327 e. The average molecular weight is 397 g/mol. The van der Waals surface area contributed by atoms with Gasteiger partial charge in [-0.15, -0.1) is 0 Å². The number of unbranched alkanes of at least 4 members (excludes halogenated alkanes) is 1. The van der Waals surface area contributed by atoms with Gasteiger partial charge >= 0.3 is 5.97 Å². The second-order valence-electron chi connectivity index (χ2n) is 6.22. The lowest BCUT2D eigenvalue weighted by molar-refractivity contribution is -0.141. The van der Waals surface area contributed by atoms with Crippen molar-refractivity contribution >= 4 is 30.4 Å². The summed E-state index contributed by atoms with van der Waals surface area (Å²) in [5.41, 5.74) is 12.3. The van der Waals surface area contributed by atoms with E-state index in [1.165, 1.54) is 0 Å². The van der Waals surface area contributed by atoms with E-state index in [1.807, 2.05) is 30.3 Å². The molecule has 1 aromatic carbocycles. The van der Waals surface area contributed by atoms with E-state index in [0.29, 0.717) is 32.2 Å². The van der Waals surface area contributed by atoms with Crippen LogP contribution in [0, 0.1) is 0 Å². The minimum absolute atomic E-state index is 0.0575. The third-order valence-corrected chi connectivity index (χ3v) is 4.38. The van der Waals surface area contributed by atoms with Crippen LogP contribution in [-0.4, -0.2) is 53.3 Å². The zero-order valence-electron chi connectivity index (χ0n) is 15.1. The lowest BCUT2D eigenvalue weighted by Gasteiger charge is -2.22. The van der Waals surface area contributed by atoms with Gasteiger partial charge in [-0.25, -0.2) is 4.79 Å². The molecule has 3 unspecified atom stereocenters. The molecule has 0 aliphatic rings. The number of benzene rings is 1. The van der Waals surface area contributed by atoms with Crippen LogP contribution in [0.5, 0.6) is 0 Å². The molecular weight excluding hydrogens is 368 g/mol. The van der Waals surface area contributed by atoms with Crippen molar-refractivity contribution < 1.29 is 19.5 Å². The first kappa shape index (κ1) is 22.9. The van der Waals surface area contributed by atoms with Crippen molar-refractivity contribution in [1.29, 1.82) is 0 Å². The lowest BCUT2D eigenvalue weighted by Crippen LogP contribution is -2.55. The van der Waals surface area contributed by atoms with Gasteiger partial charge in [0.05, 0.1) is 6.04 Å². The number of carboxylic acid groups (broad SMARTS) is 1. The Bertz CT molecular complexity index is 615. The van der Waals surface area contributed by atoms with Gasteiger partial charge in [-0.1, -0.05) is 30.3 Å². The van der Waals surface area contributed by atoms with E-state index >= 15 is 0 Å². The summed E-state index contributed by atoms with van der Waals surface area (Å²) in [6.45, 7) is 0.462. The Balaban J connectivity index is 2.72. The van der Waals surface area contributed by atoms with Gasteiger partial charge in [0.25, 0.3) is 0 Å². The maximum atomic E-state index is 12.4. The summed E-state index contributed by atoms with van der Waals surface area (Å²) in [7, 11) is 0. The number of hydrogen-bond acceptors (Lipinski definition) is 6. The van der Waals surface area contributed by atoms with Crippen LogP contribution in [0.1, 0.15) is 24.8 Å². The van der Waals surface area contributed by atoms with Crippen molar-refractivity contribution in [3.63, 3.8) is 0 Å². The third-order valence-electron chi connectivity index (χ3n) is 4.01. The Morgan fingerprint density at radius 2 is 1.67 bits per heavy atom. The van der Waals surface area contributed by atoms with Crippen LogP contribution < -0.4 is 22.1 Å². The normalized spacial score (nSPS) is 14.0. The monoisotopic (exact) mass is 396 g/mol. The largest absolute Gasteiger partial charge is 0.480 e.